The molecule has 1 unspecified atom stereocenters. The molecular formula is C15H23FN2O2. The Labute approximate surface area is 119 Å². The van der Waals surface area contributed by atoms with Gasteiger partial charge in [-0.25, -0.2) is 4.39 Å². The quantitative estimate of drug-likeness (QED) is 0.675. The maximum Gasteiger partial charge on any atom is 0.236 e. The summed E-state index contributed by atoms with van der Waals surface area (Å²) in [4.78, 5) is 11.7. The van der Waals surface area contributed by atoms with Gasteiger partial charge in [0.1, 0.15) is 5.82 Å². The first-order valence-electron chi connectivity index (χ1n) is 6.88. The van der Waals surface area contributed by atoms with Crippen LogP contribution in [0.1, 0.15) is 18.9 Å². The molecule has 2 N–H and O–H groups in total. The van der Waals surface area contributed by atoms with Crippen molar-refractivity contribution in [1.29, 1.82) is 0 Å². The summed E-state index contributed by atoms with van der Waals surface area (Å²) >= 11 is 0. The molecule has 20 heavy (non-hydrogen) atoms. The Morgan fingerprint density at radius 2 is 2.00 bits per heavy atom. The van der Waals surface area contributed by atoms with Gasteiger partial charge in [-0.05, 0) is 44.0 Å². The summed E-state index contributed by atoms with van der Waals surface area (Å²) in [6.45, 7) is 3.78. The average molecular weight is 282 g/mol. The molecule has 0 heterocycles. The van der Waals surface area contributed by atoms with Gasteiger partial charge in [0, 0.05) is 20.3 Å². The Morgan fingerprint density at radius 3 is 2.65 bits per heavy atom. The summed E-state index contributed by atoms with van der Waals surface area (Å²) in [7, 11) is 1.64. The smallest absolute Gasteiger partial charge is 0.236 e. The molecule has 0 saturated heterocycles. The van der Waals surface area contributed by atoms with Crippen LogP contribution in [0.15, 0.2) is 24.3 Å². The van der Waals surface area contributed by atoms with Crippen molar-refractivity contribution in [3.8, 4) is 0 Å². The fourth-order valence-electron chi connectivity index (χ4n) is 1.76. The predicted octanol–water partition coefficient (Wildman–Crippen LogP) is 1.50. The van der Waals surface area contributed by atoms with Gasteiger partial charge in [0.15, 0.2) is 0 Å². The molecule has 0 spiro atoms. The van der Waals surface area contributed by atoms with Crippen molar-refractivity contribution in [3.05, 3.63) is 35.6 Å². The Bertz CT molecular complexity index is 395. The number of benzene rings is 1. The molecule has 0 saturated carbocycles. The lowest BCUT2D eigenvalue weighted by Gasteiger charge is -2.14. The summed E-state index contributed by atoms with van der Waals surface area (Å²) in [5, 5.41) is 5.99. The molecule has 0 aliphatic carbocycles. The number of hydrogen-bond acceptors (Lipinski definition) is 3. The van der Waals surface area contributed by atoms with E-state index in [0.717, 1.165) is 18.4 Å². The molecule has 0 radical (unpaired) electrons. The van der Waals surface area contributed by atoms with Crippen LogP contribution in [0.3, 0.4) is 0 Å². The number of hydrogen-bond donors (Lipinski definition) is 2. The third kappa shape index (κ3) is 6.63. The van der Waals surface area contributed by atoms with Crippen LogP contribution in [0.5, 0.6) is 0 Å². The van der Waals surface area contributed by atoms with Crippen LogP contribution in [-0.4, -0.2) is 38.8 Å². The highest BCUT2D eigenvalue weighted by molar-refractivity contribution is 5.81. The molecule has 5 heteroatoms. The van der Waals surface area contributed by atoms with E-state index >= 15 is 0 Å². The average Bonchev–Trinajstić information content (AvgIpc) is 2.45. The van der Waals surface area contributed by atoms with Gasteiger partial charge in [0.25, 0.3) is 0 Å². The largest absolute Gasteiger partial charge is 0.385 e. The van der Waals surface area contributed by atoms with Gasteiger partial charge in [0.2, 0.25) is 5.91 Å². The SMILES string of the molecule is COCCCNC(=O)C(C)NCCc1ccc(F)cc1. The van der Waals surface area contributed by atoms with E-state index < -0.39 is 0 Å². The Kier molecular flexibility index (Phi) is 7.84. The Balaban J connectivity index is 2.17. The molecular weight excluding hydrogens is 259 g/mol. The van der Waals surface area contributed by atoms with Crippen LogP contribution in [-0.2, 0) is 16.0 Å². The number of carbonyl (C=O) groups excluding carboxylic acids is 1. The topological polar surface area (TPSA) is 50.4 Å². The molecule has 4 nitrogen and oxygen atoms in total. The Hall–Kier alpha value is -1.46. The van der Waals surface area contributed by atoms with Gasteiger partial charge in [-0.15, -0.1) is 0 Å². The standard InChI is InChI=1S/C15H23FN2O2/c1-12(15(19)18-9-3-11-20-2)17-10-8-13-4-6-14(16)7-5-13/h4-7,12,17H,3,8-11H2,1-2H3,(H,18,19). The highest BCUT2D eigenvalue weighted by Crippen LogP contribution is 2.02. The molecule has 1 aromatic carbocycles. The third-order valence-corrected chi connectivity index (χ3v) is 3.00. The third-order valence-electron chi connectivity index (χ3n) is 3.00. The van der Waals surface area contributed by atoms with Gasteiger partial charge >= 0.3 is 0 Å². The van der Waals surface area contributed by atoms with Gasteiger partial charge in [-0.2, -0.15) is 0 Å². The van der Waals surface area contributed by atoms with E-state index in [4.69, 9.17) is 4.74 Å². The first kappa shape index (κ1) is 16.6. The van der Waals surface area contributed by atoms with Crippen molar-refractivity contribution in [1.82, 2.24) is 10.6 Å². The van der Waals surface area contributed by atoms with Crippen molar-refractivity contribution in [2.45, 2.75) is 25.8 Å². The molecule has 1 rings (SSSR count). The maximum atomic E-state index is 12.7. The van der Waals surface area contributed by atoms with Crippen LogP contribution in [0.4, 0.5) is 4.39 Å². The van der Waals surface area contributed by atoms with Crippen LogP contribution in [0, 0.1) is 5.82 Å². The number of halogens is 1. The second-order valence-electron chi connectivity index (χ2n) is 4.69. The molecule has 0 bridgehead atoms. The van der Waals surface area contributed by atoms with Crippen molar-refractivity contribution in [2.24, 2.45) is 0 Å². The summed E-state index contributed by atoms with van der Waals surface area (Å²) < 4.78 is 17.7. The monoisotopic (exact) mass is 282 g/mol. The molecule has 0 aliphatic heterocycles. The van der Waals surface area contributed by atoms with E-state index in [0.29, 0.717) is 19.7 Å². The van der Waals surface area contributed by atoms with Crippen LogP contribution < -0.4 is 10.6 Å². The highest BCUT2D eigenvalue weighted by atomic mass is 19.1. The molecule has 1 atom stereocenters. The normalized spacial score (nSPS) is 12.2. The fraction of sp³-hybridized carbons (Fsp3) is 0.533. The number of methoxy groups -OCH3 is 1. The van der Waals surface area contributed by atoms with E-state index in [-0.39, 0.29) is 17.8 Å². The van der Waals surface area contributed by atoms with Gasteiger partial charge < -0.3 is 15.4 Å². The maximum absolute atomic E-state index is 12.7. The van der Waals surface area contributed by atoms with E-state index in [2.05, 4.69) is 10.6 Å². The van der Waals surface area contributed by atoms with Crippen molar-refractivity contribution < 1.29 is 13.9 Å². The van der Waals surface area contributed by atoms with E-state index in [1.54, 1.807) is 19.2 Å². The first-order valence-corrected chi connectivity index (χ1v) is 6.88. The molecule has 0 aromatic heterocycles. The zero-order valence-electron chi connectivity index (χ0n) is 12.1. The lowest BCUT2D eigenvalue weighted by molar-refractivity contribution is -0.122. The lowest BCUT2D eigenvalue weighted by Crippen LogP contribution is -2.43. The molecule has 0 aliphatic rings. The van der Waals surface area contributed by atoms with Crippen molar-refractivity contribution in [2.75, 3.05) is 26.8 Å². The van der Waals surface area contributed by atoms with Crippen LogP contribution in [0.2, 0.25) is 0 Å². The minimum absolute atomic E-state index is 0.0137. The molecule has 1 amide bonds. The van der Waals surface area contributed by atoms with E-state index in [1.807, 2.05) is 6.92 Å². The summed E-state index contributed by atoms with van der Waals surface area (Å²) in [5.74, 6) is -0.245. The zero-order chi connectivity index (χ0) is 14.8. The van der Waals surface area contributed by atoms with Crippen molar-refractivity contribution >= 4 is 5.91 Å². The second-order valence-corrected chi connectivity index (χ2v) is 4.69. The minimum Gasteiger partial charge on any atom is -0.385 e. The summed E-state index contributed by atoms with van der Waals surface area (Å²) in [5.41, 5.74) is 1.05. The van der Waals surface area contributed by atoms with Gasteiger partial charge in [-0.1, -0.05) is 12.1 Å². The highest BCUT2D eigenvalue weighted by Gasteiger charge is 2.10. The number of carbonyl (C=O) groups is 1. The van der Waals surface area contributed by atoms with Crippen LogP contribution >= 0.6 is 0 Å². The molecule has 0 fully saturated rings. The fourth-order valence-corrected chi connectivity index (χ4v) is 1.76. The van der Waals surface area contributed by atoms with Crippen molar-refractivity contribution in [3.63, 3.8) is 0 Å². The summed E-state index contributed by atoms with van der Waals surface area (Å²) in [6, 6.07) is 6.17. The van der Waals surface area contributed by atoms with E-state index in [9.17, 15) is 9.18 Å². The summed E-state index contributed by atoms with van der Waals surface area (Å²) in [6.07, 6.45) is 1.58. The molecule has 1 aromatic rings. The second kappa shape index (κ2) is 9.44. The minimum atomic E-state index is -0.238. The lowest BCUT2D eigenvalue weighted by atomic mass is 10.1. The number of rotatable bonds is 9. The molecule has 112 valence electrons. The predicted molar refractivity (Wildman–Crippen MR) is 77.1 cm³/mol. The Morgan fingerprint density at radius 1 is 1.30 bits per heavy atom. The van der Waals surface area contributed by atoms with Crippen LogP contribution in [0.25, 0.3) is 0 Å². The first-order chi connectivity index (χ1) is 9.63. The van der Waals surface area contributed by atoms with Gasteiger partial charge in [-0.3, -0.25) is 4.79 Å². The van der Waals surface area contributed by atoms with E-state index in [1.165, 1.54) is 12.1 Å². The zero-order valence-corrected chi connectivity index (χ0v) is 12.1. The number of ether oxygens (including phenoxy) is 1. The van der Waals surface area contributed by atoms with Gasteiger partial charge in [0.05, 0.1) is 6.04 Å². The number of amides is 1. The number of nitrogens with one attached hydrogen (secondary N) is 2.